The van der Waals surface area contributed by atoms with Crippen LogP contribution < -0.4 is 5.56 Å². The van der Waals surface area contributed by atoms with Crippen molar-refractivity contribution >= 4 is 32.3 Å². The molecule has 0 bridgehead atoms. The lowest BCUT2D eigenvalue weighted by atomic mass is 10.1. The molecule has 0 radical (unpaired) electrons. The summed E-state index contributed by atoms with van der Waals surface area (Å²) in [6, 6.07) is 11.6. The highest BCUT2D eigenvalue weighted by molar-refractivity contribution is 7.19. The van der Waals surface area contributed by atoms with E-state index in [2.05, 4.69) is 23.9 Å². The fraction of sp³-hybridized carbons (Fsp3) is 0.286. The van der Waals surface area contributed by atoms with Crippen LogP contribution in [0.25, 0.3) is 21.0 Å². The van der Waals surface area contributed by atoms with Crippen LogP contribution in [0.5, 0.6) is 0 Å². The van der Waals surface area contributed by atoms with E-state index >= 15 is 0 Å². The van der Waals surface area contributed by atoms with Gasteiger partial charge in [0.1, 0.15) is 6.10 Å². The third-order valence-electron chi connectivity index (χ3n) is 4.61. The summed E-state index contributed by atoms with van der Waals surface area (Å²) in [5.74, 6) is 0.429. The molecule has 0 spiro atoms. The molecule has 27 heavy (non-hydrogen) atoms. The van der Waals surface area contributed by atoms with Gasteiger partial charge in [-0.1, -0.05) is 32.0 Å². The van der Waals surface area contributed by atoms with Crippen LogP contribution in [-0.4, -0.2) is 19.9 Å². The third kappa shape index (κ3) is 3.26. The summed E-state index contributed by atoms with van der Waals surface area (Å²) in [6.07, 6.45) is 1.66. The lowest BCUT2D eigenvalue weighted by Crippen LogP contribution is -2.21. The Kier molecular flexibility index (Phi) is 4.53. The summed E-state index contributed by atoms with van der Waals surface area (Å²) >= 11 is 1.44. The van der Waals surface area contributed by atoms with Crippen LogP contribution in [0.1, 0.15) is 36.1 Å². The molecule has 4 aromatic rings. The van der Waals surface area contributed by atoms with Gasteiger partial charge in [-0.3, -0.25) is 9.78 Å². The van der Waals surface area contributed by atoms with Gasteiger partial charge in [0.25, 0.3) is 5.56 Å². The number of pyridine rings is 1. The number of thiophene rings is 1. The number of aryl methyl sites for hydroxylation is 1. The SMILES string of the molecule is CC(C)Cc1nn(C)c(=O)c2cc(C(O)c3cnc4ccccc4c3)sc12. The van der Waals surface area contributed by atoms with Gasteiger partial charge in [-0.05, 0) is 30.5 Å². The zero-order valence-corrected chi connectivity index (χ0v) is 16.3. The Hall–Kier alpha value is -2.57. The maximum Gasteiger partial charge on any atom is 0.275 e. The van der Waals surface area contributed by atoms with E-state index in [9.17, 15) is 9.90 Å². The molecule has 0 aliphatic rings. The highest BCUT2D eigenvalue weighted by Gasteiger charge is 2.19. The maximum atomic E-state index is 12.5. The minimum absolute atomic E-state index is 0.135. The number of aliphatic hydroxyl groups is 1. The van der Waals surface area contributed by atoms with Crippen LogP contribution in [0.15, 0.2) is 47.4 Å². The van der Waals surface area contributed by atoms with Crippen LogP contribution in [0.2, 0.25) is 0 Å². The second-order valence-corrected chi connectivity index (χ2v) is 8.31. The van der Waals surface area contributed by atoms with Crippen molar-refractivity contribution in [2.45, 2.75) is 26.4 Å². The molecule has 1 aromatic carbocycles. The molecule has 0 aliphatic carbocycles. The van der Waals surface area contributed by atoms with Crippen LogP contribution in [0, 0.1) is 5.92 Å². The zero-order valence-electron chi connectivity index (χ0n) is 15.5. The number of nitrogens with zero attached hydrogens (tertiary/aromatic N) is 3. The van der Waals surface area contributed by atoms with Crippen molar-refractivity contribution in [2.75, 3.05) is 0 Å². The predicted molar refractivity (Wildman–Crippen MR) is 109 cm³/mol. The van der Waals surface area contributed by atoms with E-state index in [0.29, 0.717) is 11.3 Å². The smallest absolute Gasteiger partial charge is 0.275 e. The standard InChI is InChI=1S/C21H21N3O2S/c1-12(2)8-17-20-15(21(26)24(3)23-17)10-18(27-20)19(25)14-9-13-6-4-5-7-16(13)22-11-14/h4-7,9-12,19,25H,8H2,1-3H3. The first-order chi connectivity index (χ1) is 12.9. The molecular weight excluding hydrogens is 358 g/mol. The first-order valence-electron chi connectivity index (χ1n) is 8.96. The average molecular weight is 379 g/mol. The first-order valence-corrected chi connectivity index (χ1v) is 9.78. The van der Waals surface area contributed by atoms with Crippen LogP contribution in [0.3, 0.4) is 0 Å². The van der Waals surface area contributed by atoms with Gasteiger partial charge < -0.3 is 5.11 Å². The average Bonchev–Trinajstić information content (AvgIpc) is 3.10. The van der Waals surface area contributed by atoms with E-state index in [1.807, 2.05) is 30.3 Å². The molecule has 3 aromatic heterocycles. The van der Waals surface area contributed by atoms with Crippen molar-refractivity contribution in [1.29, 1.82) is 0 Å². The van der Waals surface area contributed by atoms with E-state index in [4.69, 9.17) is 0 Å². The van der Waals surface area contributed by atoms with Gasteiger partial charge in [-0.15, -0.1) is 11.3 Å². The van der Waals surface area contributed by atoms with Crippen LogP contribution in [0.4, 0.5) is 0 Å². The molecule has 4 rings (SSSR count). The number of aromatic nitrogens is 3. The third-order valence-corrected chi connectivity index (χ3v) is 5.84. The number of fused-ring (bicyclic) bond motifs is 2. The normalized spacial score (nSPS) is 12.9. The summed E-state index contributed by atoms with van der Waals surface area (Å²) in [4.78, 5) is 17.7. The highest BCUT2D eigenvalue weighted by atomic mass is 32.1. The fourth-order valence-electron chi connectivity index (χ4n) is 3.29. The summed E-state index contributed by atoms with van der Waals surface area (Å²) in [6.45, 7) is 4.26. The molecule has 3 heterocycles. The molecule has 0 saturated carbocycles. The van der Waals surface area contributed by atoms with Crippen molar-refractivity contribution < 1.29 is 5.11 Å². The van der Waals surface area contributed by atoms with E-state index in [0.717, 1.165) is 38.2 Å². The van der Waals surface area contributed by atoms with Crippen molar-refractivity contribution in [1.82, 2.24) is 14.8 Å². The lowest BCUT2D eigenvalue weighted by molar-refractivity contribution is 0.224. The Labute approximate surface area is 160 Å². The molecule has 1 N–H and O–H groups in total. The Morgan fingerprint density at radius 1 is 1.22 bits per heavy atom. The van der Waals surface area contributed by atoms with Gasteiger partial charge in [-0.25, -0.2) is 4.68 Å². The number of rotatable bonds is 4. The number of hydrogen-bond acceptors (Lipinski definition) is 5. The maximum absolute atomic E-state index is 12.5. The molecule has 0 amide bonds. The van der Waals surface area contributed by atoms with E-state index in [1.54, 1.807) is 19.3 Å². The Morgan fingerprint density at radius 3 is 2.78 bits per heavy atom. The van der Waals surface area contributed by atoms with Gasteiger partial charge >= 0.3 is 0 Å². The van der Waals surface area contributed by atoms with Gasteiger partial charge in [0, 0.05) is 29.1 Å². The molecule has 0 saturated heterocycles. The van der Waals surface area contributed by atoms with Gasteiger partial charge in [0.05, 0.1) is 21.3 Å². The largest absolute Gasteiger partial charge is 0.383 e. The second-order valence-electron chi connectivity index (χ2n) is 7.23. The van der Waals surface area contributed by atoms with E-state index in [1.165, 1.54) is 16.0 Å². The second kappa shape index (κ2) is 6.87. The topological polar surface area (TPSA) is 68.0 Å². The van der Waals surface area contributed by atoms with Gasteiger partial charge in [-0.2, -0.15) is 5.10 Å². The lowest BCUT2D eigenvalue weighted by Gasteiger charge is -2.09. The quantitative estimate of drug-likeness (QED) is 0.585. The first kappa shape index (κ1) is 17.8. The molecule has 5 nitrogen and oxygen atoms in total. The molecule has 6 heteroatoms. The minimum atomic E-state index is -0.823. The molecule has 1 atom stereocenters. The molecule has 138 valence electrons. The summed E-state index contributed by atoms with van der Waals surface area (Å²) in [5, 5.41) is 17.0. The van der Waals surface area contributed by atoms with Crippen molar-refractivity contribution in [3.63, 3.8) is 0 Å². The van der Waals surface area contributed by atoms with Crippen molar-refractivity contribution in [3.8, 4) is 0 Å². The summed E-state index contributed by atoms with van der Waals surface area (Å²) in [5.41, 5.74) is 2.38. The predicted octanol–water partition coefficient (Wildman–Crippen LogP) is 3.82. The van der Waals surface area contributed by atoms with Gasteiger partial charge in [0.15, 0.2) is 0 Å². The van der Waals surface area contributed by atoms with E-state index < -0.39 is 6.10 Å². The molecule has 1 unspecified atom stereocenters. The number of aliphatic hydroxyl groups excluding tert-OH is 1. The van der Waals surface area contributed by atoms with Crippen molar-refractivity contribution in [2.24, 2.45) is 13.0 Å². The van der Waals surface area contributed by atoms with Crippen molar-refractivity contribution in [3.05, 3.63) is 69.1 Å². The molecule has 0 aliphatic heterocycles. The minimum Gasteiger partial charge on any atom is -0.383 e. The van der Waals surface area contributed by atoms with E-state index in [-0.39, 0.29) is 5.56 Å². The Morgan fingerprint density at radius 2 is 2.00 bits per heavy atom. The number of hydrogen-bond donors (Lipinski definition) is 1. The Bertz CT molecular complexity index is 1190. The highest BCUT2D eigenvalue weighted by Crippen LogP contribution is 2.34. The number of benzene rings is 1. The van der Waals surface area contributed by atoms with Crippen LogP contribution in [-0.2, 0) is 13.5 Å². The van der Waals surface area contributed by atoms with Gasteiger partial charge in [0.2, 0.25) is 0 Å². The fourth-order valence-corrected chi connectivity index (χ4v) is 4.44. The molecular formula is C21H21N3O2S. The Balaban J connectivity index is 1.82. The monoisotopic (exact) mass is 379 g/mol. The zero-order chi connectivity index (χ0) is 19.1. The number of para-hydroxylation sites is 1. The molecule has 0 fully saturated rings. The summed E-state index contributed by atoms with van der Waals surface area (Å²) in [7, 11) is 1.67. The van der Waals surface area contributed by atoms with Crippen LogP contribution >= 0.6 is 11.3 Å². The summed E-state index contributed by atoms with van der Waals surface area (Å²) < 4.78 is 2.26.